The number of thioether (sulfide) groups is 1. The fourth-order valence-corrected chi connectivity index (χ4v) is 4.98. The van der Waals surface area contributed by atoms with E-state index in [1.807, 2.05) is 42.5 Å². The van der Waals surface area contributed by atoms with E-state index in [0.717, 1.165) is 16.0 Å². The molecular weight excluding hydrogens is 432 g/mol. The third-order valence-electron chi connectivity index (χ3n) is 5.24. The number of amides is 2. The van der Waals surface area contributed by atoms with Crippen LogP contribution in [0.1, 0.15) is 17.3 Å². The number of hydrogen-bond acceptors (Lipinski definition) is 6. The Kier molecular flexibility index (Phi) is 6.00. The molecule has 0 radical (unpaired) electrons. The van der Waals surface area contributed by atoms with Crippen molar-refractivity contribution in [1.82, 2.24) is 10.2 Å². The molecule has 1 saturated heterocycles. The number of β-lactam (4-membered cyclic amide) rings is 1. The van der Waals surface area contributed by atoms with Crippen molar-refractivity contribution in [1.29, 1.82) is 0 Å². The van der Waals surface area contributed by atoms with Crippen LogP contribution in [-0.2, 0) is 19.1 Å². The number of carbonyl (C=O) groups is 4. The second-order valence-electron chi connectivity index (χ2n) is 7.34. The number of nitrogens with one attached hydrogen (secondary N) is 1. The highest BCUT2D eigenvalue weighted by atomic mass is 32.2. The molecule has 32 heavy (non-hydrogen) atoms. The number of ether oxygens (including phenoxy) is 1. The van der Waals surface area contributed by atoms with Crippen LogP contribution in [0.25, 0.3) is 11.1 Å². The first-order valence-electron chi connectivity index (χ1n) is 9.86. The molecular formula is C23H20N2O6S. The number of nitrogens with zero attached hydrogens (tertiary/aromatic N) is 1. The van der Waals surface area contributed by atoms with E-state index in [0.29, 0.717) is 11.1 Å². The van der Waals surface area contributed by atoms with E-state index in [-0.39, 0.29) is 18.1 Å². The Labute approximate surface area is 188 Å². The van der Waals surface area contributed by atoms with Gasteiger partial charge in [-0.1, -0.05) is 42.5 Å². The van der Waals surface area contributed by atoms with Crippen molar-refractivity contribution in [3.05, 3.63) is 71.4 Å². The highest BCUT2D eigenvalue weighted by Gasteiger charge is 2.54. The first kappa shape index (κ1) is 21.6. The zero-order valence-electron chi connectivity index (χ0n) is 17.1. The molecule has 2 aliphatic heterocycles. The van der Waals surface area contributed by atoms with Crippen LogP contribution in [0.15, 0.2) is 65.9 Å². The summed E-state index contributed by atoms with van der Waals surface area (Å²) in [5, 5.41) is 11.8. The van der Waals surface area contributed by atoms with Gasteiger partial charge >= 0.3 is 11.9 Å². The van der Waals surface area contributed by atoms with E-state index in [2.05, 4.69) is 5.32 Å². The summed E-state index contributed by atoms with van der Waals surface area (Å²) in [5.74, 6) is -2.44. The van der Waals surface area contributed by atoms with Gasteiger partial charge in [0, 0.05) is 23.8 Å². The van der Waals surface area contributed by atoms with Gasteiger partial charge in [-0.3, -0.25) is 19.3 Å². The quantitative estimate of drug-likeness (QED) is 0.511. The Morgan fingerprint density at radius 1 is 1.09 bits per heavy atom. The molecule has 0 aliphatic carbocycles. The van der Waals surface area contributed by atoms with Gasteiger partial charge in [-0.05, 0) is 23.3 Å². The SMILES string of the molecule is CC(=O)OCC1=C(C(=O)O)N2C(=O)C(NC(=O)c3ccc(-c4ccccc4)cc3)C2SC1. The number of carbonyl (C=O) groups excluding carboxylic acids is 3. The monoisotopic (exact) mass is 452 g/mol. The molecule has 4 rings (SSSR count). The molecule has 9 heteroatoms. The number of rotatable bonds is 6. The first-order valence-corrected chi connectivity index (χ1v) is 10.9. The average Bonchev–Trinajstić information content (AvgIpc) is 2.80. The average molecular weight is 452 g/mol. The number of esters is 1. The van der Waals surface area contributed by atoms with E-state index in [4.69, 9.17) is 4.74 Å². The van der Waals surface area contributed by atoms with E-state index < -0.39 is 35.2 Å². The number of fused-ring (bicyclic) bond motifs is 1. The maximum absolute atomic E-state index is 12.7. The van der Waals surface area contributed by atoms with Crippen molar-refractivity contribution >= 4 is 35.5 Å². The van der Waals surface area contributed by atoms with Gasteiger partial charge in [-0.15, -0.1) is 11.8 Å². The predicted octanol–water partition coefficient (Wildman–Crippen LogP) is 2.27. The lowest BCUT2D eigenvalue weighted by atomic mass is 10.0. The summed E-state index contributed by atoms with van der Waals surface area (Å²) in [4.78, 5) is 49.4. The third-order valence-corrected chi connectivity index (χ3v) is 6.58. The number of benzene rings is 2. The summed E-state index contributed by atoms with van der Waals surface area (Å²) in [5.41, 5.74) is 2.57. The highest BCUT2D eigenvalue weighted by molar-refractivity contribution is 8.00. The van der Waals surface area contributed by atoms with Crippen molar-refractivity contribution in [3.63, 3.8) is 0 Å². The van der Waals surface area contributed by atoms with Gasteiger partial charge in [0.05, 0.1) is 0 Å². The molecule has 2 unspecified atom stereocenters. The fraction of sp³-hybridized carbons (Fsp3) is 0.217. The Hall–Kier alpha value is -3.59. The molecule has 2 amide bonds. The fourth-order valence-electron chi connectivity index (χ4n) is 3.65. The van der Waals surface area contributed by atoms with Crippen LogP contribution < -0.4 is 5.32 Å². The molecule has 164 valence electrons. The Bertz CT molecular complexity index is 1110. The summed E-state index contributed by atoms with van der Waals surface area (Å²) in [6.07, 6.45) is 0. The molecule has 2 aliphatic rings. The summed E-state index contributed by atoms with van der Waals surface area (Å²) < 4.78 is 4.91. The number of hydrogen-bond donors (Lipinski definition) is 2. The molecule has 0 bridgehead atoms. The molecule has 2 N–H and O–H groups in total. The van der Waals surface area contributed by atoms with Gasteiger partial charge < -0.3 is 15.2 Å². The van der Waals surface area contributed by atoms with Crippen molar-refractivity contribution in [2.75, 3.05) is 12.4 Å². The Morgan fingerprint density at radius 3 is 2.38 bits per heavy atom. The second-order valence-corrected chi connectivity index (χ2v) is 8.45. The summed E-state index contributed by atoms with van der Waals surface area (Å²) in [6, 6.07) is 16.0. The first-order chi connectivity index (χ1) is 15.4. The largest absolute Gasteiger partial charge is 0.477 e. The van der Waals surface area contributed by atoms with Crippen LogP contribution in [0.4, 0.5) is 0 Å². The molecule has 0 spiro atoms. The molecule has 0 saturated carbocycles. The zero-order chi connectivity index (χ0) is 22.8. The summed E-state index contributed by atoms with van der Waals surface area (Å²) in [6.45, 7) is 1.04. The minimum absolute atomic E-state index is 0.183. The molecule has 1 fully saturated rings. The predicted molar refractivity (Wildman–Crippen MR) is 118 cm³/mol. The van der Waals surface area contributed by atoms with Crippen LogP contribution >= 0.6 is 11.8 Å². The number of aliphatic carboxylic acids is 1. The van der Waals surface area contributed by atoms with Gasteiger partial charge in [-0.25, -0.2) is 4.79 Å². The smallest absolute Gasteiger partial charge is 0.352 e. The molecule has 2 atom stereocenters. The molecule has 0 aromatic heterocycles. The van der Waals surface area contributed by atoms with E-state index in [1.54, 1.807) is 12.1 Å². The Balaban J connectivity index is 1.45. The maximum Gasteiger partial charge on any atom is 0.352 e. The lowest BCUT2D eigenvalue weighted by molar-refractivity contribution is -0.149. The molecule has 8 nitrogen and oxygen atoms in total. The topological polar surface area (TPSA) is 113 Å². The van der Waals surface area contributed by atoms with Crippen LogP contribution in [-0.4, -0.2) is 57.5 Å². The standard InChI is InChI=1S/C23H20N2O6S/c1-13(26)31-11-17-12-32-22-18(21(28)25(22)19(17)23(29)30)24-20(27)16-9-7-15(8-10-16)14-5-3-2-4-6-14/h2-10,18,22H,11-12H2,1H3,(H,24,27)(H,29,30). The van der Waals surface area contributed by atoms with Crippen molar-refractivity contribution in [3.8, 4) is 11.1 Å². The van der Waals surface area contributed by atoms with Gasteiger partial charge in [-0.2, -0.15) is 0 Å². The maximum atomic E-state index is 12.7. The van der Waals surface area contributed by atoms with Crippen LogP contribution in [0.2, 0.25) is 0 Å². The molecule has 2 heterocycles. The number of carboxylic acid groups (broad SMARTS) is 1. The van der Waals surface area contributed by atoms with Crippen LogP contribution in [0, 0.1) is 0 Å². The van der Waals surface area contributed by atoms with Crippen molar-refractivity contribution in [2.24, 2.45) is 0 Å². The lowest BCUT2D eigenvalue weighted by Crippen LogP contribution is -2.70. The van der Waals surface area contributed by atoms with E-state index >= 15 is 0 Å². The second kappa shape index (κ2) is 8.88. The molecule has 2 aromatic carbocycles. The third kappa shape index (κ3) is 4.11. The highest BCUT2D eigenvalue weighted by Crippen LogP contribution is 2.40. The lowest BCUT2D eigenvalue weighted by Gasteiger charge is -2.49. The Morgan fingerprint density at radius 2 is 1.75 bits per heavy atom. The van der Waals surface area contributed by atoms with Gasteiger partial charge in [0.2, 0.25) is 0 Å². The van der Waals surface area contributed by atoms with Crippen molar-refractivity contribution < 1.29 is 29.0 Å². The normalized spacial score (nSPS) is 19.7. The van der Waals surface area contributed by atoms with Crippen LogP contribution in [0.3, 0.4) is 0 Å². The van der Waals surface area contributed by atoms with E-state index in [1.165, 1.54) is 18.7 Å². The minimum atomic E-state index is -1.27. The number of carboxylic acids is 1. The van der Waals surface area contributed by atoms with Crippen molar-refractivity contribution in [2.45, 2.75) is 18.3 Å². The van der Waals surface area contributed by atoms with Gasteiger partial charge in [0.25, 0.3) is 11.8 Å². The summed E-state index contributed by atoms with van der Waals surface area (Å²) >= 11 is 1.32. The van der Waals surface area contributed by atoms with Crippen LogP contribution in [0.5, 0.6) is 0 Å². The minimum Gasteiger partial charge on any atom is -0.477 e. The van der Waals surface area contributed by atoms with Gasteiger partial charge in [0.1, 0.15) is 23.7 Å². The van der Waals surface area contributed by atoms with Gasteiger partial charge in [0.15, 0.2) is 0 Å². The summed E-state index contributed by atoms with van der Waals surface area (Å²) in [7, 11) is 0. The zero-order valence-corrected chi connectivity index (χ0v) is 17.9. The molecule has 2 aromatic rings. The van der Waals surface area contributed by atoms with E-state index in [9.17, 15) is 24.3 Å².